The van der Waals surface area contributed by atoms with Crippen LogP contribution in [0.15, 0.2) is 48.5 Å². The van der Waals surface area contributed by atoms with Crippen molar-refractivity contribution in [3.05, 3.63) is 59.7 Å². The maximum Gasteiger partial charge on any atom is 0.418 e. The van der Waals surface area contributed by atoms with Gasteiger partial charge in [0.15, 0.2) is 0 Å². The van der Waals surface area contributed by atoms with Crippen LogP contribution in [0, 0.1) is 0 Å². The zero-order valence-electron chi connectivity index (χ0n) is 16.4. The summed E-state index contributed by atoms with van der Waals surface area (Å²) in [5.74, 6) is 0.657. The fraction of sp³-hybridized carbons (Fsp3) is 0.318. The molecule has 0 bridgehead atoms. The Balaban J connectivity index is 1.93. The van der Waals surface area contributed by atoms with E-state index in [0.29, 0.717) is 12.4 Å². The number of aromatic nitrogens is 2. The second-order valence-electron chi connectivity index (χ2n) is 7.43. The van der Waals surface area contributed by atoms with Crippen LogP contribution in [0.3, 0.4) is 0 Å². The van der Waals surface area contributed by atoms with Gasteiger partial charge in [0.25, 0.3) is 0 Å². The quantitative estimate of drug-likeness (QED) is 0.641. The van der Waals surface area contributed by atoms with E-state index in [1.54, 1.807) is 6.07 Å². The summed E-state index contributed by atoms with van der Waals surface area (Å²) in [6, 6.07) is 13.5. The predicted molar refractivity (Wildman–Crippen MR) is 110 cm³/mol. The van der Waals surface area contributed by atoms with Gasteiger partial charge in [-0.3, -0.25) is 0 Å². The highest BCUT2D eigenvalue weighted by molar-refractivity contribution is 5.74. The smallest absolute Gasteiger partial charge is 0.378 e. The molecule has 29 heavy (non-hydrogen) atoms. The summed E-state index contributed by atoms with van der Waals surface area (Å²) in [6.07, 6.45) is -1.75. The molecule has 2 aromatic carbocycles. The summed E-state index contributed by atoms with van der Waals surface area (Å²) < 4.78 is 42.4. The third-order valence-corrected chi connectivity index (χ3v) is 5.20. The van der Waals surface area contributed by atoms with Crippen molar-refractivity contribution in [1.29, 1.82) is 0 Å². The van der Waals surface area contributed by atoms with Crippen LogP contribution in [-0.2, 0) is 12.6 Å². The average molecular weight is 400 g/mol. The zero-order chi connectivity index (χ0) is 20.6. The van der Waals surface area contributed by atoms with Crippen LogP contribution in [-0.4, -0.2) is 30.4 Å². The third kappa shape index (κ3) is 3.69. The summed E-state index contributed by atoms with van der Waals surface area (Å²) in [6.45, 7) is 0.712. The normalized spacial score (nSPS) is 14.1. The lowest BCUT2D eigenvalue weighted by Gasteiger charge is -2.15. The molecule has 0 radical (unpaired) electrons. The fourth-order valence-corrected chi connectivity index (χ4v) is 3.74. The highest BCUT2D eigenvalue weighted by Crippen LogP contribution is 2.39. The van der Waals surface area contributed by atoms with Crippen LogP contribution in [0.25, 0.3) is 16.9 Å². The van der Waals surface area contributed by atoms with Gasteiger partial charge in [-0.2, -0.15) is 18.3 Å². The molecule has 1 N–H and O–H groups in total. The molecule has 1 aliphatic rings. The Hall–Kier alpha value is -2.96. The van der Waals surface area contributed by atoms with E-state index in [4.69, 9.17) is 0 Å². The number of para-hydroxylation sites is 1. The Kier molecular flexibility index (Phi) is 4.98. The van der Waals surface area contributed by atoms with Gasteiger partial charge in [0.05, 0.1) is 16.9 Å². The molecule has 0 saturated heterocycles. The SMILES string of the molecule is CN(C)c1cccc(-c2nn(-c3ccccc3C(F)(F)F)c3c2CCCCN3)c1. The summed E-state index contributed by atoms with van der Waals surface area (Å²) in [7, 11) is 3.92. The average Bonchev–Trinajstić information content (AvgIpc) is 2.88. The lowest BCUT2D eigenvalue weighted by molar-refractivity contribution is -0.137. The molecule has 2 heterocycles. The first-order valence-corrected chi connectivity index (χ1v) is 9.66. The molecule has 0 spiro atoms. The first-order valence-electron chi connectivity index (χ1n) is 9.66. The van der Waals surface area contributed by atoms with Crippen molar-refractivity contribution in [3.8, 4) is 16.9 Å². The Labute approximate surface area is 168 Å². The minimum absolute atomic E-state index is 0.0423. The summed E-state index contributed by atoms with van der Waals surface area (Å²) in [5.41, 5.74) is 2.97. The largest absolute Gasteiger partial charge is 0.418 e. The number of halogens is 3. The Bertz CT molecular complexity index is 1020. The highest BCUT2D eigenvalue weighted by atomic mass is 19.4. The van der Waals surface area contributed by atoms with Crippen LogP contribution < -0.4 is 10.2 Å². The second kappa shape index (κ2) is 7.46. The standard InChI is InChI=1S/C22H23F3N4/c1-28(2)16-9-7-8-15(14-16)20-17-10-5-6-13-26-21(17)29(27-20)19-12-4-3-11-18(19)22(23,24)25/h3-4,7-9,11-12,14,26H,5-6,10,13H2,1-2H3. The van der Waals surface area contributed by atoms with E-state index in [1.807, 2.05) is 43.3 Å². The van der Waals surface area contributed by atoms with Gasteiger partial charge in [0.2, 0.25) is 0 Å². The number of benzene rings is 2. The molecule has 0 amide bonds. The molecule has 3 aromatic rings. The summed E-state index contributed by atoms with van der Waals surface area (Å²) in [5, 5.41) is 8.01. The van der Waals surface area contributed by atoms with E-state index >= 15 is 0 Å². The molecule has 0 atom stereocenters. The van der Waals surface area contributed by atoms with Crippen LogP contribution in [0.1, 0.15) is 24.0 Å². The molecule has 0 fully saturated rings. The van der Waals surface area contributed by atoms with Crippen molar-refractivity contribution >= 4 is 11.5 Å². The Morgan fingerprint density at radius 3 is 2.59 bits per heavy atom. The van der Waals surface area contributed by atoms with Gasteiger partial charge < -0.3 is 10.2 Å². The maximum atomic E-state index is 13.7. The molecule has 7 heteroatoms. The molecular weight excluding hydrogens is 377 g/mol. The molecule has 1 aliphatic heterocycles. The first kappa shape index (κ1) is 19.4. The second-order valence-corrected chi connectivity index (χ2v) is 7.43. The van der Waals surface area contributed by atoms with Crippen LogP contribution in [0.2, 0.25) is 0 Å². The number of rotatable bonds is 3. The van der Waals surface area contributed by atoms with Crippen molar-refractivity contribution in [3.63, 3.8) is 0 Å². The molecule has 4 nitrogen and oxygen atoms in total. The van der Waals surface area contributed by atoms with Crippen LogP contribution in [0.4, 0.5) is 24.7 Å². The number of fused-ring (bicyclic) bond motifs is 1. The van der Waals surface area contributed by atoms with Gasteiger partial charge in [-0.15, -0.1) is 0 Å². The van der Waals surface area contributed by atoms with E-state index in [2.05, 4.69) is 10.4 Å². The van der Waals surface area contributed by atoms with E-state index in [1.165, 1.54) is 16.8 Å². The Morgan fingerprint density at radius 1 is 1.03 bits per heavy atom. The number of hydrogen-bond donors (Lipinski definition) is 1. The molecule has 0 saturated carbocycles. The van der Waals surface area contributed by atoms with E-state index in [0.717, 1.165) is 47.8 Å². The topological polar surface area (TPSA) is 33.1 Å². The molecule has 0 aliphatic carbocycles. The molecular formula is C22H23F3N4. The fourth-order valence-electron chi connectivity index (χ4n) is 3.74. The van der Waals surface area contributed by atoms with Crippen LogP contribution >= 0.6 is 0 Å². The zero-order valence-corrected chi connectivity index (χ0v) is 16.4. The number of hydrogen-bond acceptors (Lipinski definition) is 3. The van der Waals surface area contributed by atoms with Crippen molar-refractivity contribution < 1.29 is 13.2 Å². The number of nitrogens with zero attached hydrogens (tertiary/aromatic N) is 3. The molecule has 0 unspecified atom stereocenters. The Morgan fingerprint density at radius 2 is 1.83 bits per heavy atom. The van der Waals surface area contributed by atoms with Gasteiger partial charge >= 0.3 is 6.18 Å². The molecule has 4 rings (SSSR count). The van der Waals surface area contributed by atoms with Gasteiger partial charge in [-0.25, -0.2) is 4.68 Å². The summed E-state index contributed by atoms with van der Waals surface area (Å²) in [4.78, 5) is 2.00. The monoisotopic (exact) mass is 400 g/mol. The lowest BCUT2D eigenvalue weighted by Crippen LogP contribution is -2.14. The maximum absolute atomic E-state index is 13.7. The van der Waals surface area contributed by atoms with E-state index in [9.17, 15) is 13.2 Å². The van der Waals surface area contributed by atoms with Crippen molar-refractivity contribution in [1.82, 2.24) is 9.78 Å². The van der Waals surface area contributed by atoms with Crippen molar-refractivity contribution in [2.24, 2.45) is 0 Å². The van der Waals surface area contributed by atoms with Gasteiger partial charge in [0, 0.05) is 37.5 Å². The predicted octanol–water partition coefficient (Wildman–Crippen LogP) is 5.37. The number of nitrogens with one attached hydrogen (secondary N) is 1. The van der Waals surface area contributed by atoms with E-state index < -0.39 is 11.7 Å². The number of alkyl halides is 3. The van der Waals surface area contributed by atoms with Crippen LogP contribution in [0.5, 0.6) is 0 Å². The third-order valence-electron chi connectivity index (χ3n) is 5.20. The summed E-state index contributed by atoms with van der Waals surface area (Å²) >= 11 is 0. The number of anilines is 2. The van der Waals surface area contributed by atoms with Crippen molar-refractivity contribution in [2.45, 2.75) is 25.4 Å². The van der Waals surface area contributed by atoms with Gasteiger partial charge in [-0.05, 0) is 43.5 Å². The lowest BCUT2D eigenvalue weighted by atomic mass is 10.0. The first-order chi connectivity index (χ1) is 13.9. The van der Waals surface area contributed by atoms with Gasteiger partial charge in [0.1, 0.15) is 5.82 Å². The minimum atomic E-state index is -4.45. The van der Waals surface area contributed by atoms with E-state index in [-0.39, 0.29) is 5.69 Å². The molecule has 1 aromatic heterocycles. The molecule has 152 valence electrons. The van der Waals surface area contributed by atoms with Crippen molar-refractivity contribution in [2.75, 3.05) is 30.9 Å². The minimum Gasteiger partial charge on any atom is -0.378 e. The van der Waals surface area contributed by atoms with Gasteiger partial charge in [-0.1, -0.05) is 24.3 Å². The highest BCUT2D eigenvalue weighted by Gasteiger charge is 2.35.